The lowest BCUT2D eigenvalue weighted by atomic mass is 9.95. The van der Waals surface area contributed by atoms with Gasteiger partial charge in [-0.1, -0.05) is 6.08 Å². The minimum Gasteiger partial charge on any atom is -0.399 e. The Morgan fingerprint density at radius 2 is 2.05 bits per heavy atom. The topological polar surface area (TPSA) is 102 Å². The van der Waals surface area contributed by atoms with Crippen molar-refractivity contribution in [3.05, 3.63) is 41.6 Å². The molecule has 0 saturated carbocycles. The summed E-state index contributed by atoms with van der Waals surface area (Å²) >= 11 is 0. The van der Waals surface area contributed by atoms with Crippen molar-refractivity contribution >= 4 is 39.3 Å². The van der Waals surface area contributed by atoms with Crippen molar-refractivity contribution in [1.29, 1.82) is 0 Å². The Hall–Kier alpha value is -2.25. The summed E-state index contributed by atoms with van der Waals surface area (Å²) in [6, 6.07) is 6.06. The fourth-order valence-electron chi connectivity index (χ4n) is 2.19. The number of benzene rings is 1. The number of hydrogen-bond donors (Lipinski definition) is 3. The molecule has 7 heteroatoms. The SMILES string of the molecule is Nc1ccc2nc3c(cc2c1)C(=O)C(N[SH](=O)=O)C=C3. The standard InChI is InChI=1S/C13H11N3O3S/c14-8-1-2-10-7(5-8)6-9-11(15-10)3-4-12(13(9)17)16-20(18)19/h1-6,12,20H,14H2,(H,16,18,19). The summed E-state index contributed by atoms with van der Waals surface area (Å²) in [6.07, 6.45) is 3.13. The number of nitrogen functional groups attached to an aromatic ring is 1. The predicted octanol–water partition coefficient (Wildman–Crippen LogP) is 0.511. The normalized spacial score (nSPS) is 17.6. The van der Waals surface area contributed by atoms with Gasteiger partial charge >= 0.3 is 0 Å². The molecule has 102 valence electrons. The number of anilines is 1. The van der Waals surface area contributed by atoms with Crippen molar-refractivity contribution in [3.8, 4) is 0 Å². The molecule has 0 aliphatic heterocycles. The summed E-state index contributed by atoms with van der Waals surface area (Å²) in [4.78, 5) is 16.6. The van der Waals surface area contributed by atoms with Crippen LogP contribution in [0.4, 0.5) is 5.69 Å². The highest BCUT2D eigenvalue weighted by atomic mass is 32.2. The first-order valence-corrected chi connectivity index (χ1v) is 7.05. The Balaban J connectivity index is 2.14. The highest BCUT2D eigenvalue weighted by Gasteiger charge is 2.25. The highest BCUT2D eigenvalue weighted by molar-refractivity contribution is 7.70. The molecule has 1 heterocycles. The highest BCUT2D eigenvalue weighted by Crippen LogP contribution is 2.24. The van der Waals surface area contributed by atoms with E-state index in [-0.39, 0.29) is 5.78 Å². The molecule has 1 aromatic carbocycles. The molecule has 0 amide bonds. The number of carbonyl (C=O) groups is 1. The first-order valence-electron chi connectivity index (χ1n) is 5.88. The maximum Gasteiger partial charge on any atom is 0.202 e. The Kier molecular flexibility index (Phi) is 3.00. The van der Waals surface area contributed by atoms with Gasteiger partial charge in [-0.15, -0.1) is 0 Å². The first kappa shape index (κ1) is 12.8. The third kappa shape index (κ3) is 2.17. The smallest absolute Gasteiger partial charge is 0.202 e. The van der Waals surface area contributed by atoms with Gasteiger partial charge < -0.3 is 5.73 Å². The Bertz CT molecular complexity index is 819. The van der Waals surface area contributed by atoms with Crippen LogP contribution in [-0.4, -0.2) is 25.2 Å². The quantitative estimate of drug-likeness (QED) is 0.552. The van der Waals surface area contributed by atoms with Crippen LogP contribution in [0.3, 0.4) is 0 Å². The van der Waals surface area contributed by atoms with Gasteiger partial charge in [-0.2, -0.15) is 0 Å². The molecule has 3 N–H and O–H groups in total. The fourth-order valence-corrected chi connectivity index (χ4v) is 2.62. The molecule has 1 unspecified atom stereocenters. The molecule has 1 atom stereocenters. The molecule has 0 bridgehead atoms. The van der Waals surface area contributed by atoms with E-state index in [1.165, 1.54) is 6.08 Å². The van der Waals surface area contributed by atoms with Crippen LogP contribution in [-0.2, 0) is 10.9 Å². The molecular weight excluding hydrogens is 278 g/mol. The van der Waals surface area contributed by atoms with Crippen LogP contribution in [0.1, 0.15) is 16.1 Å². The van der Waals surface area contributed by atoms with Gasteiger partial charge in [0.05, 0.1) is 11.2 Å². The zero-order valence-electron chi connectivity index (χ0n) is 10.2. The van der Waals surface area contributed by atoms with Crippen LogP contribution in [0.5, 0.6) is 0 Å². The molecule has 1 aromatic heterocycles. The lowest BCUT2D eigenvalue weighted by Crippen LogP contribution is -2.36. The van der Waals surface area contributed by atoms with Gasteiger partial charge in [0.25, 0.3) is 0 Å². The number of hydrogen-bond acceptors (Lipinski definition) is 5. The Morgan fingerprint density at radius 1 is 1.25 bits per heavy atom. The lowest BCUT2D eigenvalue weighted by molar-refractivity contribution is 0.0970. The van der Waals surface area contributed by atoms with E-state index in [1.54, 1.807) is 30.3 Å². The molecule has 0 spiro atoms. The number of carbonyl (C=O) groups excluding carboxylic acids is 1. The summed E-state index contributed by atoms with van der Waals surface area (Å²) in [6.45, 7) is 0. The van der Waals surface area contributed by atoms with Gasteiger partial charge in [-0.05, 0) is 30.3 Å². The van der Waals surface area contributed by atoms with E-state index in [9.17, 15) is 13.2 Å². The molecule has 0 radical (unpaired) electrons. The Labute approximate surface area is 116 Å². The summed E-state index contributed by atoms with van der Waals surface area (Å²) in [5.74, 6) is -0.321. The van der Waals surface area contributed by atoms with E-state index in [1.807, 2.05) is 0 Å². The number of thiol groups is 1. The zero-order valence-corrected chi connectivity index (χ0v) is 11.1. The molecule has 0 saturated heterocycles. The van der Waals surface area contributed by atoms with Gasteiger partial charge in [0.2, 0.25) is 10.9 Å². The largest absolute Gasteiger partial charge is 0.399 e. The number of pyridine rings is 1. The Morgan fingerprint density at radius 3 is 2.80 bits per heavy atom. The van der Waals surface area contributed by atoms with Crippen LogP contribution in [0, 0.1) is 0 Å². The molecule has 0 fully saturated rings. The molecule has 1 aliphatic rings. The predicted molar refractivity (Wildman–Crippen MR) is 76.8 cm³/mol. The summed E-state index contributed by atoms with van der Waals surface area (Å²) < 4.78 is 23.6. The molecule has 20 heavy (non-hydrogen) atoms. The number of nitrogens with two attached hydrogens (primary N) is 1. The van der Waals surface area contributed by atoms with E-state index in [4.69, 9.17) is 5.73 Å². The number of fused-ring (bicyclic) bond motifs is 2. The van der Waals surface area contributed by atoms with Crippen molar-refractivity contribution in [1.82, 2.24) is 9.71 Å². The maximum absolute atomic E-state index is 12.2. The fraction of sp³-hybridized carbons (Fsp3) is 0.0769. The van der Waals surface area contributed by atoms with Crippen molar-refractivity contribution in [2.45, 2.75) is 6.04 Å². The summed E-state index contributed by atoms with van der Waals surface area (Å²) in [7, 11) is -2.84. The third-order valence-electron chi connectivity index (χ3n) is 3.11. The maximum atomic E-state index is 12.2. The van der Waals surface area contributed by atoms with Crippen LogP contribution in [0.15, 0.2) is 30.3 Å². The molecule has 1 aliphatic carbocycles. The van der Waals surface area contributed by atoms with Crippen LogP contribution in [0.2, 0.25) is 0 Å². The number of Topliss-reactive ketones (excluding diaryl/α,β-unsaturated/α-hetero) is 1. The number of aromatic nitrogens is 1. The number of nitrogens with one attached hydrogen (secondary N) is 1. The second-order valence-corrected chi connectivity index (χ2v) is 5.23. The van der Waals surface area contributed by atoms with Crippen LogP contribution in [0.25, 0.3) is 17.0 Å². The van der Waals surface area contributed by atoms with Gasteiger partial charge in [0.1, 0.15) is 6.04 Å². The average molecular weight is 289 g/mol. The van der Waals surface area contributed by atoms with Crippen LogP contribution >= 0.6 is 0 Å². The second kappa shape index (κ2) is 4.69. The zero-order chi connectivity index (χ0) is 14.3. The summed E-state index contributed by atoms with van der Waals surface area (Å²) in [5, 5.41) is 0.748. The van der Waals surface area contributed by atoms with Gasteiger partial charge in [0.15, 0.2) is 5.78 Å². The van der Waals surface area contributed by atoms with Gasteiger partial charge in [-0.3, -0.25) is 4.79 Å². The monoisotopic (exact) mass is 289 g/mol. The minimum atomic E-state index is -2.84. The van der Waals surface area contributed by atoms with Gasteiger partial charge in [0, 0.05) is 16.6 Å². The second-order valence-electron chi connectivity index (χ2n) is 4.46. The van der Waals surface area contributed by atoms with E-state index in [0.29, 0.717) is 16.9 Å². The van der Waals surface area contributed by atoms with E-state index < -0.39 is 16.9 Å². The van der Waals surface area contributed by atoms with Crippen molar-refractivity contribution in [3.63, 3.8) is 0 Å². The van der Waals surface area contributed by atoms with E-state index in [0.717, 1.165) is 10.9 Å². The van der Waals surface area contributed by atoms with Crippen molar-refractivity contribution < 1.29 is 13.2 Å². The molecule has 3 rings (SSSR count). The average Bonchev–Trinajstić information content (AvgIpc) is 2.40. The number of rotatable bonds is 2. The number of ketones is 1. The number of nitrogens with zero attached hydrogens (tertiary/aromatic N) is 1. The molecule has 6 nitrogen and oxygen atoms in total. The molecule has 2 aromatic rings. The van der Waals surface area contributed by atoms with Crippen molar-refractivity contribution in [2.24, 2.45) is 0 Å². The lowest BCUT2D eigenvalue weighted by Gasteiger charge is -2.17. The third-order valence-corrected chi connectivity index (χ3v) is 3.60. The van der Waals surface area contributed by atoms with E-state index >= 15 is 0 Å². The van der Waals surface area contributed by atoms with E-state index in [2.05, 4.69) is 9.71 Å². The molecular formula is C13H11N3O3S. The van der Waals surface area contributed by atoms with Crippen LogP contribution < -0.4 is 10.5 Å². The van der Waals surface area contributed by atoms with Gasteiger partial charge in [-0.25, -0.2) is 18.1 Å². The van der Waals surface area contributed by atoms with Crippen molar-refractivity contribution in [2.75, 3.05) is 5.73 Å². The summed E-state index contributed by atoms with van der Waals surface area (Å²) in [5.41, 5.74) is 7.94. The minimum absolute atomic E-state index is 0.321. The first-order chi connectivity index (χ1) is 9.54.